The first-order valence-corrected chi connectivity index (χ1v) is 5.95. The molecule has 20 heavy (non-hydrogen) atoms. The van der Waals surface area contributed by atoms with Gasteiger partial charge in [-0.25, -0.2) is 0 Å². The van der Waals surface area contributed by atoms with Gasteiger partial charge in [0.05, 0.1) is 26.9 Å². The average molecular weight is 293 g/mol. The lowest BCUT2D eigenvalue weighted by Crippen LogP contribution is -2.25. The molecule has 1 aromatic rings. The third-order valence-electron chi connectivity index (χ3n) is 2.71. The molecule has 0 aliphatic carbocycles. The van der Waals surface area contributed by atoms with Crippen LogP contribution in [0.1, 0.15) is 11.6 Å². The Kier molecular flexibility index (Phi) is 6.09. The monoisotopic (exact) mass is 293 g/mol. The molecule has 7 heteroatoms. The van der Waals surface area contributed by atoms with E-state index >= 15 is 0 Å². The number of ether oxygens (including phenoxy) is 3. The SMILES string of the molecule is CNC(COCC(F)(F)F)c1ccc(OC)c(OC)c1. The van der Waals surface area contributed by atoms with E-state index in [-0.39, 0.29) is 12.6 Å². The molecule has 0 aliphatic rings. The van der Waals surface area contributed by atoms with Crippen molar-refractivity contribution in [2.75, 3.05) is 34.5 Å². The molecule has 0 saturated heterocycles. The summed E-state index contributed by atoms with van der Waals surface area (Å²) in [5, 5.41) is 2.90. The van der Waals surface area contributed by atoms with Gasteiger partial charge in [-0.1, -0.05) is 6.07 Å². The quantitative estimate of drug-likeness (QED) is 0.838. The number of halogens is 3. The molecule has 1 rings (SSSR count). The van der Waals surface area contributed by atoms with E-state index in [0.29, 0.717) is 11.5 Å². The second-order valence-electron chi connectivity index (χ2n) is 4.09. The largest absolute Gasteiger partial charge is 0.493 e. The highest BCUT2D eigenvalue weighted by Gasteiger charge is 2.28. The van der Waals surface area contributed by atoms with Crippen LogP contribution in [0.25, 0.3) is 0 Å². The predicted octanol–water partition coefficient (Wildman–Crippen LogP) is 2.54. The summed E-state index contributed by atoms with van der Waals surface area (Å²) >= 11 is 0. The number of methoxy groups -OCH3 is 2. The Bertz CT molecular complexity index is 424. The van der Waals surface area contributed by atoms with Crippen molar-refractivity contribution in [2.45, 2.75) is 12.2 Å². The molecule has 1 N–H and O–H groups in total. The Morgan fingerprint density at radius 3 is 2.30 bits per heavy atom. The molecule has 0 radical (unpaired) electrons. The Labute approximate surface area is 115 Å². The van der Waals surface area contributed by atoms with Crippen molar-refractivity contribution in [1.29, 1.82) is 0 Å². The van der Waals surface area contributed by atoms with Gasteiger partial charge in [0.25, 0.3) is 0 Å². The first-order valence-electron chi connectivity index (χ1n) is 5.95. The molecule has 0 aromatic heterocycles. The molecule has 0 aliphatic heterocycles. The average Bonchev–Trinajstić information content (AvgIpc) is 2.41. The van der Waals surface area contributed by atoms with E-state index in [2.05, 4.69) is 10.1 Å². The van der Waals surface area contributed by atoms with Crippen molar-refractivity contribution >= 4 is 0 Å². The first-order chi connectivity index (χ1) is 9.41. The second-order valence-corrected chi connectivity index (χ2v) is 4.09. The molecule has 1 aromatic carbocycles. The predicted molar refractivity (Wildman–Crippen MR) is 68.2 cm³/mol. The van der Waals surface area contributed by atoms with Gasteiger partial charge in [-0.3, -0.25) is 0 Å². The zero-order valence-electron chi connectivity index (χ0n) is 11.6. The Hall–Kier alpha value is -1.47. The molecular weight excluding hydrogens is 275 g/mol. The van der Waals surface area contributed by atoms with E-state index in [4.69, 9.17) is 9.47 Å². The lowest BCUT2D eigenvalue weighted by atomic mass is 10.1. The van der Waals surface area contributed by atoms with Crippen molar-refractivity contribution in [3.8, 4) is 11.5 Å². The van der Waals surface area contributed by atoms with Crippen molar-refractivity contribution in [3.63, 3.8) is 0 Å². The van der Waals surface area contributed by atoms with Crippen LogP contribution in [0.3, 0.4) is 0 Å². The summed E-state index contributed by atoms with van der Waals surface area (Å²) in [4.78, 5) is 0. The number of likely N-dealkylation sites (N-methyl/N-ethyl adjacent to an activating group) is 1. The highest BCUT2D eigenvalue weighted by Crippen LogP contribution is 2.30. The van der Waals surface area contributed by atoms with Crippen molar-refractivity contribution < 1.29 is 27.4 Å². The zero-order chi connectivity index (χ0) is 15.2. The standard InChI is InChI=1S/C13H18F3NO3/c1-17-10(7-20-8-13(14,15)16)9-4-5-11(18-2)12(6-9)19-3/h4-6,10,17H,7-8H2,1-3H3. The van der Waals surface area contributed by atoms with Crippen LogP contribution in [0.4, 0.5) is 13.2 Å². The zero-order valence-corrected chi connectivity index (χ0v) is 11.6. The number of hydrogen-bond donors (Lipinski definition) is 1. The van der Waals surface area contributed by atoms with Crippen LogP contribution in [-0.2, 0) is 4.74 Å². The highest BCUT2D eigenvalue weighted by molar-refractivity contribution is 5.43. The van der Waals surface area contributed by atoms with Crippen LogP contribution in [0.5, 0.6) is 11.5 Å². The summed E-state index contributed by atoms with van der Waals surface area (Å²) < 4.78 is 51.1. The number of hydrogen-bond acceptors (Lipinski definition) is 4. The Balaban J connectivity index is 2.74. The van der Waals surface area contributed by atoms with Crippen LogP contribution in [0.15, 0.2) is 18.2 Å². The fourth-order valence-corrected chi connectivity index (χ4v) is 1.71. The van der Waals surface area contributed by atoms with Crippen LogP contribution in [-0.4, -0.2) is 40.7 Å². The normalized spacial score (nSPS) is 13.1. The van der Waals surface area contributed by atoms with Crippen molar-refractivity contribution in [1.82, 2.24) is 5.32 Å². The van der Waals surface area contributed by atoms with E-state index in [9.17, 15) is 13.2 Å². The highest BCUT2D eigenvalue weighted by atomic mass is 19.4. The van der Waals surface area contributed by atoms with Gasteiger partial charge in [-0.15, -0.1) is 0 Å². The summed E-state index contributed by atoms with van der Waals surface area (Å²) in [6, 6.07) is 4.79. The van der Waals surface area contributed by atoms with Crippen LogP contribution in [0.2, 0.25) is 0 Å². The summed E-state index contributed by atoms with van der Waals surface area (Å²) in [5.41, 5.74) is 0.757. The van der Waals surface area contributed by atoms with Gasteiger partial charge in [0.2, 0.25) is 0 Å². The van der Waals surface area contributed by atoms with Crippen molar-refractivity contribution in [2.24, 2.45) is 0 Å². The maximum Gasteiger partial charge on any atom is 0.411 e. The maximum absolute atomic E-state index is 12.0. The third-order valence-corrected chi connectivity index (χ3v) is 2.71. The smallest absolute Gasteiger partial charge is 0.411 e. The molecule has 0 bridgehead atoms. The minimum atomic E-state index is -4.32. The van der Waals surface area contributed by atoms with E-state index in [0.717, 1.165) is 5.56 Å². The molecule has 1 atom stereocenters. The van der Waals surface area contributed by atoms with Crippen molar-refractivity contribution in [3.05, 3.63) is 23.8 Å². The molecule has 114 valence electrons. The maximum atomic E-state index is 12.0. The van der Waals surface area contributed by atoms with E-state index in [1.165, 1.54) is 14.2 Å². The minimum Gasteiger partial charge on any atom is -0.493 e. The Morgan fingerprint density at radius 2 is 1.80 bits per heavy atom. The van der Waals surface area contributed by atoms with Gasteiger partial charge >= 0.3 is 6.18 Å². The number of alkyl halides is 3. The fourth-order valence-electron chi connectivity index (χ4n) is 1.71. The molecule has 0 heterocycles. The van der Waals surface area contributed by atoms with Gasteiger partial charge in [0, 0.05) is 0 Å². The molecule has 0 fully saturated rings. The first kappa shape index (κ1) is 16.6. The molecular formula is C13H18F3NO3. The van der Waals surface area contributed by atoms with Crippen LogP contribution >= 0.6 is 0 Å². The lowest BCUT2D eigenvalue weighted by molar-refractivity contribution is -0.175. The van der Waals surface area contributed by atoms with Gasteiger partial charge < -0.3 is 19.5 Å². The third kappa shape index (κ3) is 4.90. The summed E-state index contributed by atoms with van der Waals surface area (Å²) in [6.07, 6.45) is -4.32. The lowest BCUT2D eigenvalue weighted by Gasteiger charge is -2.19. The van der Waals surface area contributed by atoms with Gasteiger partial charge in [-0.2, -0.15) is 13.2 Å². The Morgan fingerprint density at radius 1 is 1.15 bits per heavy atom. The summed E-state index contributed by atoms with van der Waals surface area (Å²) in [5.74, 6) is 1.07. The van der Waals surface area contributed by atoms with E-state index < -0.39 is 12.8 Å². The van der Waals surface area contributed by atoms with Gasteiger partial charge in [0.15, 0.2) is 11.5 Å². The van der Waals surface area contributed by atoms with E-state index in [1.807, 2.05) is 0 Å². The molecule has 0 amide bonds. The van der Waals surface area contributed by atoms with Gasteiger partial charge in [0.1, 0.15) is 6.61 Å². The topological polar surface area (TPSA) is 39.7 Å². The number of nitrogens with one attached hydrogen (secondary N) is 1. The number of rotatable bonds is 7. The summed E-state index contributed by atoms with van der Waals surface area (Å²) in [6.45, 7) is -1.36. The molecule has 0 spiro atoms. The molecule has 0 saturated carbocycles. The summed E-state index contributed by atoms with van der Waals surface area (Å²) in [7, 11) is 4.66. The molecule has 4 nitrogen and oxygen atoms in total. The molecule has 1 unspecified atom stereocenters. The fraction of sp³-hybridized carbons (Fsp3) is 0.538. The van der Waals surface area contributed by atoms with Gasteiger partial charge in [-0.05, 0) is 24.7 Å². The van der Waals surface area contributed by atoms with E-state index in [1.54, 1.807) is 25.2 Å². The second kappa shape index (κ2) is 7.35. The van der Waals surface area contributed by atoms with Crippen LogP contribution < -0.4 is 14.8 Å². The van der Waals surface area contributed by atoms with Crippen LogP contribution in [0, 0.1) is 0 Å². The number of benzene rings is 1. The minimum absolute atomic E-state index is 0.0918.